The van der Waals surface area contributed by atoms with Crippen LogP contribution in [-0.4, -0.2) is 19.6 Å². The van der Waals surface area contributed by atoms with Gasteiger partial charge in [0.25, 0.3) is 0 Å². The van der Waals surface area contributed by atoms with E-state index in [9.17, 15) is 5.11 Å². The molecule has 8 rings (SSSR count). The van der Waals surface area contributed by atoms with Gasteiger partial charge < -0.3 is 9.67 Å². The summed E-state index contributed by atoms with van der Waals surface area (Å²) in [6, 6.07) is 52.9. The maximum atomic E-state index is 11.7. The molecule has 1 N–H and O–H groups in total. The molecule has 0 atom stereocenters. The Morgan fingerprint density at radius 3 is 1.94 bits per heavy atom. The molecule has 250 valence electrons. The van der Waals surface area contributed by atoms with Crippen LogP contribution in [0.3, 0.4) is 0 Å². The van der Waals surface area contributed by atoms with E-state index in [4.69, 9.17) is 4.98 Å². The summed E-state index contributed by atoms with van der Waals surface area (Å²) < 4.78 is 2.16. The molecule has 0 fully saturated rings. The molecule has 4 nitrogen and oxygen atoms in total. The molecule has 0 amide bonds. The van der Waals surface area contributed by atoms with E-state index in [0.717, 1.165) is 56.7 Å². The van der Waals surface area contributed by atoms with E-state index in [1.807, 2.05) is 79.3 Å². The van der Waals surface area contributed by atoms with Crippen LogP contribution in [-0.2, 0) is 33.9 Å². The first-order valence-corrected chi connectivity index (χ1v) is 16.8. The van der Waals surface area contributed by atoms with Gasteiger partial charge in [0.1, 0.15) is 5.75 Å². The van der Waals surface area contributed by atoms with Gasteiger partial charge in [-0.1, -0.05) is 127 Å². The molecule has 0 aliphatic heterocycles. The third kappa shape index (κ3) is 6.97. The minimum atomic E-state index is 0. The summed E-state index contributed by atoms with van der Waals surface area (Å²) in [5.41, 5.74) is 9.64. The predicted molar refractivity (Wildman–Crippen MR) is 204 cm³/mol. The number of fused-ring (bicyclic) bond motifs is 1. The van der Waals surface area contributed by atoms with Crippen molar-refractivity contribution in [2.24, 2.45) is 0 Å². The number of nitrogens with zero attached hydrogens (tertiary/aromatic N) is 3. The van der Waals surface area contributed by atoms with Gasteiger partial charge in [-0.05, 0) is 46.5 Å². The van der Waals surface area contributed by atoms with Crippen LogP contribution in [0.2, 0.25) is 0 Å². The Labute approximate surface area is 312 Å². The summed E-state index contributed by atoms with van der Waals surface area (Å²) in [5, 5.41) is 14.1. The second kappa shape index (κ2) is 15.4. The van der Waals surface area contributed by atoms with Gasteiger partial charge in [0.15, 0.2) is 0 Å². The zero-order valence-electron chi connectivity index (χ0n) is 27.8. The van der Waals surface area contributed by atoms with Crippen LogP contribution in [0.5, 0.6) is 5.75 Å². The quantitative estimate of drug-likeness (QED) is 0.116. The summed E-state index contributed by atoms with van der Waals surface area (Å²) in [5.74, 6) is 0.978. The number of aromatic nitrogens is 3. The molecule has 2 aromatic heterocycles. The monoisotopic (exact) mass is 839 g/mol. The van der Waals surface area contributed by atoms with Crippen molar-refractivity contribution < 1.29 is 26.2 Å². The van der Waals surface area contributed by atoms with Gasteiger partial charge in [0.2, 0.25) is 0 Å². The Bertz CT molecular complexity index is 2370. The van der Waals surface area contributed by atoms with Gasteiger partial charge >= 0.3 is 0 Å². The fourth-order valence-electron chi connectivity index (χ4n) is 6.63. The van der Waals surface area contributed by atoms with E-state index in [1.54, 1.807) is 0 Å². The number of rotatable bonds is 9. The number of allylic oxidation sites excluding steroid dienone is 2. The van der Waals surface area contributed by atoms with Crippen LogP contribution in [0.4, 0.5) is 0 Å². The smallest absolute Gasteiger partial charge is 0.128 e. The SMILES string of the molecule is Oc1c(C/C=C\Cc2cncc3ccccc23)cccc1-c1cn(-c2c(-c3ccccc3)cccc2-c2ccccc2)c(-c2[c-]cccc2)n1.[Pt]. The third-order valence-corrected chi connectivity index (χ3v) is 9.09. The average Bonchev–Trinajstić information content (AvgIpc) is 3.63. The van der Waals surface area contributed by atoms with Gasteiger partial charge in [0, 0.05) is 61.7 Å². The summed E-state index contributed by atoms with van der Waals surface area (Å²) >= 11 is 0. The Morgan fingerprint density at radius 1 is 0.608 bits per heavy atom. The third-order valence-electron chi connectivity index (χ3n) is 9.09. The van der Waals surface area contributed by atoms with E-state index in [2.05, 4.69) is 113 Å². The van der Waals surface area contributed by atoms with Crippen molar-refractivity contribution in [3.8, 4) is 56.3 Å². The van der Waals surface area contributed by atoms with E-state index < -0.39 is 0 Å². The first-order valence-electron chi connectivity index (χ1n) is 16.8. The number of hydrogen-bond donors (Lipinski definition) is 1. The zero-order valence-corrected chi connectivity index (χ0v) is 30.0. The Hall–Kier alpha value is -5.83. The Balaban J connectivity index is 0.00000406. The molecule has 0 radical (unpaired) electrons. The van der Waals surface area contributed by atoms with Crippen molar-refractivity contribution in [1.29, 1.82) is 0 Å². The minimum Gasteiger partial charge on any atom is -0.507 e. The number of aromatic hydroxyl groups is 1. The molecule has 0 spiro atoms. The van der Waals surface area contributed by atoms with E-state index in [0.29, 0.717) is 17.7 Å². The minimum absolute atomic E-state index is 0. The maximum Gasteiger partial charge on any atom is 0.128 e. The molecule has 0 saturated carbocycles. The molecular weight excluding hydrogens is 806 g/mol. The van der Waals surface area contributed by atoms with Crippen molar-refractivity contribution in [3.05, 3.63) is 194 Å². The first kappa shape index (κ1) is 33.7. The average molecular weight is 840 g/mol. The van der Waals surface area contributed by atoms with E-state index >= 15 is 0 Å². The van der Waals surface area contributed by atoms with Crippen LogP contribution in [0.1, 0.15) is 11.1 Å². The molecule has 0 aliphatic rings. The largest absolute Gasteiger partial charge is 0.507 e. The molecule has 0 saturated heterocycles. The number of phenolic OH excluding ortho intramolecular Hbond substituents is 1. The molecule has 0 bridgehead atoms. The van der Waals surface area contributed by atoms with Crippen LogP contribution in [0, 0.1) is 6.07 Å². The Morgan fingerprint density at radius 2 is 1.24 bits per heavy atom. The zero-order chi connectivity index (χ0) is 33.7. The fraction of sp³-hybridized carbons (Fsp3) is 0.0435. The van der Waals surface area contributed by atoms with Crippen molar-refractivity contribution >= 4 is 10.8 Å². The first-order chi connectivity index (χ1) is 24.7. The second-order valence-electron chi connectivity index (χ2n) is 12.2. The second-order valence-corrected chi connectivity index (χ2v) is 12.2. The van der Waals surface area contributed by atoms with Crippen molar-refractivity contribution in [2.75, 3.05) is 0 Å². The van der Waals surface area contributed by atoms with Gasteiger partial charge in [0.05, 0.1) is 17.2 Å². The normalized spacial score (nSPS) is 11.1. The number of benzene rings is 6. The summed E-state index contributed by atoms with van der Waals surface area (Å²) in [6.07, 6.45) is 11.5. The summed E-state index contributed by atoms with van der Waals surface area (Å²) in [7, 11) is 0. The fourth-order valence-corrected chi connectivity index (χ4v) is 6.63. The number of para-hydroxylation sites is 2. The summed E-state index contributed by atoms with van der Waals surface area (Å²) in [4.78, 5) is 9.63. The van der Waals surface area contributed by atoms with Crippen LogP contribution < -0.4 is 0 Å². The predicted octanol–water partition coefficient (Wildman–Crippen LogP) is 10.9. The summed E-state index contributed by atoms with van der Waals surface area (Å²) in [6.45, 7) is 0. The molecule has 0 aliphatic carbocycles. The molecule has 2 heterocycles. The van der Waals surface area contributed by atoms with Crippen molar-refractivity contribution in [2.45, 2.75) is 12.8 Å². The molecular formula is C46H34N3OPt-. The molecule has 51 heavy (non-hydrogen) atoms. The van der Waals surface area contributed by atoms with Gasteiger partial charge in [-0.2, -0.15) is 0 Å². The molecule has 5 heteroatoms. The van der Waals surface area contributed by atoms with Crippen molar-refractivity contribution in [1.82, 2.24) is 14.5 Å². The topological polar surface area (TPSA) is 50.9 Å². The van der Waals surface area contributed by atoms with E-state index in [-0.39, 0.29) is 26.8 Å². The standard InChI is InChI=1S/C46H34N3O.Pt/c50-45-35(20-10-11-23-37-30-47-31-38-24-12-13-26-39(37)38)25-14-29-42(45)43-32-49(46(48-43)36-21-8-3-9-22-36)44-40(33-16-4-1-5-17-33)27-15-28-41(44)34-18-6-2-7-19-34;/h1-19,21,24-32,50H,20,23H2;/q-1;/b11-10-;. The molecule has 6 aromatic carbocycles. The molecule has 8 aromatic rings. The van der Waals surface area contributed by atoms with Crippen LogP contribution in [0.15, 0.2) is 176 Å². The van der Waals surface area contributed by atoms with E-state index in [1.165, 1.54) is 10.9 Å². The van der Waals surface area contributed by atoms with Gasteiger partial charge in [-0.15, -0.1) is 35.9 Å². The van der Waals surface area contributed by atoms with Crippen molar-refractivity contribution in [3.63, 3.8) is 0 Å². The number of phenols is 1. The number of hydrogen-bond acceptors (Lipinski definition) is 3. The molecule has 0 unspecified atom stereocenters. The van der Waals surface area contributed by atoms with Gasteiger partial charge in [-0.25, -0.2) is 0 Å². The maximum absolute atomic E-state index is 11.7. The van der Waals surface area contributed by atoms with Gasteiger partial charge in [-0.3, -0.25) is 9.97 Å². The van der Waals surface area contributed by atoms with Crippen LogP contribution >= 0.6 is 0 Å². The number of imidazole rings is 1. The number of pyridine rings is 1. The Kier molecular flexibility index (Phi) is 10.1. The van der Waals surface area contributed by atoms with Crippen LogP contribution in [0.25, 0.3) is 61.4 Å².